The van der Waals surface area contributed by atoms with Gasteiger partial charge in [-0.1, -0.05) is 29.3 Å². The van der Waals surface area contributed by atoms with Crippen molar-refractivity contribution in [2.45, 2.75) is 6.92 Å². The fraction of sp³-hybridized carbons (Fsp3) is 0.167. The lowest BCUT2D eigenvalue weighted by atomic mass is 10.3. The van der Waals surface area contributed by atoms with Crippen LogP contribution in [0, 0.1) is 10.1 Å². The molecule has 0 amide bonds. The zero-order valence-corrected chi connectivity index (χ0v) is 12.4. The molecule has 0 unspecified atom stereocenters. The predicted molar refractivity (Wildman–Crippen MR) is 82.6 cm³/mol. The fourth-order valence-electron chi connectivity index (χ4n) is 1.57. The van der Waals surface area contributed by atoms with Crippen molar-refractivity contribution in [2.75, 3.05) is 17.2 Å². The molecule has 7 nitrogen and oxygen atoms in total. The summed E-state index contributed by atoms with van der Waals surface area (Å²) in [5, 5.41) is 17.3. The van der Waals surface area contributed by atoms with Crippen molar-refractivity contribution in [1.29, 1.82) is 0 Å². The Morgan fingerprint density at radius 2 is 2.14 bits per heavy atom. The van der Waals surface area contributed by atoms with E-state index in [1.807, 2.05) is 6.92 Å². The van der Waals surface area contributed by atoms with Crippen molar-refractivity contribution < 1.29 is 4.92 Å². The summed E-state index contributed by atoms with van der Waals surface area (Å²) in [4.78, 5) is 18.4. The Balaban J connectivity index is 2.43. The molecule has 1 heterocycles. The molecule has 0 aliphatic heterocycles. The number of rotatable bonds is 5. The highest BCUT2D eigenvalue weighted by Gasteiger charge is 2.18. The molecule has 0 spiro atoms. The monoisotopic (exact) mass is 327 g/mol. The topological polar surface area (TPSA) is 93.0 Å². The highest BCUT2D eigenvalue weighted by atomic mass is 35.5. The lowest BCUT2D eigenvalue weighted by molar-refractivity contribution is -0.384. The zero-order valence-electron chi connectivity index (χ0n) is 10.9. The summed E-state index contributed by atoms with van der Waals surface area (Å²) in [6, 6.07) is 4.94. The van der Waals surface area contributed by atoms with Crippen molar-refractivity contribution in [3.63, 3.8) is 0 Å². The molecule has 0 atom stereocenters. The van der Waals surface area contributed by atoms with Gasteiger partial charge in [-0.05, 0) is 19.1 Å². The van der Waals surface area contributed by atoms with E-state index < -0.39 is 4.92 Å². The number of anilines is 3. The Bertz CT molecular complexity index is 681. The van der Waals surface area contributed by atoms with Crippen LogP contribution in [-0.2, 0) is 0 Å². The van der Waals surface area contributed by atoms with Crippen LogP contribution in [0.25, 0.3) is 0 Å². The van der Waals surface area contributed by atoms with Gasteiger partial charge in [0.25, 0.3) is 0 Å². The van der Waals surface area contributed by atoms with E-state index in [0.717, 1.165) is 6.20 Å². The van der Waals surface area contributed by atoms with E-state index in [1.54, 1.807) is 18.2 Å². The van der Waals surface area contributed by atoms with Gasteiger partial charge in [0.15, 0.2) is 0 Å². The first-order chi connectivity index (χ1) is 10.0. The lowest BCUT2D eigenvalue weighted by Crippen LogP contribution is -2.06. The maximum absolute atomic E-state index is 11.0. The molecular formula is C12H11Cl2N5O2. The number of nitrogens with zero attached hydrogens (tertiary/aromatic N) is 3. The average molecular weight is 328 g/mol. The van der Waals surface area contributed by atoms with E-state index in [1.165, 1.54) is 0 Å². The van der Waals surface area contributed by atoms with E-state index in [-0.39, 0.29) is 22.5 Å². The van der Waals surface area contributed by atoms with Crippen LogP contribution in [0.3, 0.4) is 0 Å². The molecule has 21 heavy (non-hydrogen) atoms. The van der Waals surface area contributed by atoms with Gasteiger partial charge < -0.3 is 10.6 Å². The summed E-state index contributed by atoms with van der Waals surface area (Å²) in [5.74, 6) is 0.318. The SMILES string of the molecule is CCNc1ncc([N+](=O)[O-])c(Nc2cccc(Cl)c2Cl)n1. The first kappa shape index (κ1) is 15.3. The van der Waals surface area contributed by atoms with Gasteiger partial charge in [-0.15, -0.1) is 0 Å². The maximum atomic E-state index is 11.0. The second kappa shape index (κ2) is 6.55. The van der Waals surface area contributed by atoms with Crippen LogP contribution >= 0.6 is 23.2 Å². The first-order valence-electron chi connectivity index (χ1n) is 5.99. The Hall–Kier alpha value is -2.12. The van der Waals surface area contributed by atoms with Crippen LogP contribution in [0.2, 0.25) is 10.0 Å². The summed E-state index contributed by atoms with van der Waals surface area (Å²) in [6.07, 6.45) is 1.13. The van der Waals surface area contributed by atoms with Gasteiger partial charge in [0, 0.05) is 6.54 Å². The number of nitro groups is 1. The number of halogens is 2. The summed E-state index contributed by atoms with van der Waals surface area (Å²) in [5.41, 5.74) is 0.168. The van der Waals surface area contributed by atoms with Gasteiger partial charge in [0.1, 0.15) is 6.20 Å². The number of hydrogen-bond donors (Lipinski definition) is 2. The fourth-order valence-corrected chi connectivity index (χ4v) is 1.92. The third kappa shape index (κ3) is 3.50. The van der Waals surface area contributed by atoms with E-state index in [0.29, 0.717) is 17.3 Å². The molecule has 0 radical (unpaired) electrons. The molecule has 2 aromatic rings. The summed E-state index contributed by atoms with van der Waals surface area (Å²) < 4.78 is 0. The number of nitrogens with one attached hydrogen (secondary N) is 2. The van der Waals surface area contributed by atoms with Crippen LogP contribution in [0.1, 0.15) is 6.92 Å². The minimum atomic E-state index is -0.573. The average Bonchev–Trinajstić information content (AvgIpc) is 2.44. The van der Waals surface area contributed by atoms with Gasteiger partial charge >= 0.3 is 5.69 Å². The molecule has 2 N–H and O–H groups in total. The molecule has 1 aromatic carbocycles. The van der Waals surface area contributed by atoms with E-state index in [9.17, 15) is 10.1 Å². The molecule has 0 aliphatic carbocycles. The van der Waals surface area contributed by atoms with E-state index in [4.69, 9.17) is 23.2 Å². The second-order valence-electron chi connectivity index (χ2n) is 3.94. The highest BCUT2D eigenvalue weighted by Crippen LogP contribution is 2.33. The molecule has 1 aromatic heterocycles. The molecule has 0 aliphatic rings. The Kier molecular flexibility index (Phi) is 4.77. The molecule has 2 rings (SSSR count). The molecule has 9 heteroatoms. The van der Waals surface area contributed by atoms with E-state index in [2.05, 4.69) is 20.6 Å². The van der Waals surface area contributed by atoms with Crippen LogP contribution in [0.15, 0.2) is 24.4 Å². The summed E-state index contributed by atoms with van der Waals surface area (Å²) in [6.45, 7) is 2.46. The molecule has 0 fully saturated rings. The van der Waals surface area contributed by atoms with Gasteiger partial charge in [-0.25, -0.2) is 4.98 Å². The van der Waals surface area contributed by atoms with Gasteiger partial charge in [0.2, 0.25) is 11.8 Å². The Labute approximate surface area is 130 Å². The number of benzene rings is 1. The van der Waals surface area contributed by atoms with Gasteiger partial charge in [0.05, 0.1) is 20.7 Å². The molecule has 0 saturated heterocycles. The van der Waals surface area contributed by atoms with Crippen molar-refractivity contribution in [1.82, 2.24) is 9.97 Å². The zero-order chi connectivity index (χ0) is 15.4. The predicted octanol–water partition coefficient (Wildman–Crippen LogP) is 3.87. The minimum Gasteiger partial charge on any atom is -0.354 e. The minimum absolute atomic E-state index is 0.0371. The van der Waals surface area contributed by atoms with E-state index >= 15 is 0 Å². The van der Waals surface area contributed by atoms with Crippen LogP contribution in [0.4, 0.5) is 23.1 Å². The smallest absolute Gasteiger partial charge is 0.329 e. The highest BCUT2D eigenvalue weighted by molar-refractivity contribution is 6.43. The van der Waals surface area contributed by atoms with Crippen molar-refractivity contribution in [3.05, 3.63) is 44.6 Å². The quantitative estimate of drug-likeness (QED) is 0.639. The molecular weight excluding hydrogens is 317 g/mol. The normalized spacial score (nSPS) is 10.2. The molecule has 0 saturated carbocycles. The van der Waals surface area contributed by atoms with Crippen molar-refractivity contribution in [2.24, 2.45) is 0 Å². The second-order valence-corrected chi connectivity index (χ2v) is 4.73. The molecule has 110 valence electrons. The molecule has 0 bridgehead atoms. The standard InChI is InChI=1S/C12H11Cl2N5O2/c1-2-15-12-16-6-9(19(20)21)11(18-12)17-8-5-3-4-7(13)10(8)14/h3-6H,2H2,1H3,(H2,15,16,17,18). The third-order valence-electron chi connectivity index (χ3n) is 2.51. The van der Waals surface area contributed by atoms with Crippen LogP contribution < -0.4 is 10.6 Å². The van der Waals surface area contributed by atoms with Gasteiger partial charge in [-0.2, -0.15) is 4.98 Å². The number of hydrogen-bond acceptors (Lipinski definition) is 6. The summed E-state index contributed by atoms with van der Waals surface area (Å²) in [7, 11) is 0. The van der Waals surface area contributed by atoms with Crippen molar-refractivity contribution in [3.8, 4) is 0 Å². The first-order valence-corrected chi connectivity index (χ1v) is 6.75. The van der Waals surface area contributed by atoms with Crippen LogP contribution in [-0.4, -0.2) is 21.4 Å². The maximum Gasteiger partial charge on any atom is 0.329 e. The third-order valence-corrected chi connectivity index (χ3v) is 3.32. The lowest BCUT2D eigenvalue weighted by Gasteiger charge is -2.10. The number of aromatic nitrogens is 2. The Morgan fingerprint density at radius 3 is 2.81 bits per heavy atom. The summed E-state index contributed by atoms with van der Waals surface area (Å²) >= 11 is 12.0. The van der Waals surface area contributed by atoms with Crippen LogP contribution in [0.5, 0.6) is 0 Å². The largest absolute Gasteiger partial charge is 0.354 e. The Morgan fingerprint density at radius 1 is 1.38 bits per heavy atom. The van der Waals surface area contributed by atoms with Crippen molar-refractivity contribution >= 4 is 46.3 Å². The van der Waals surface area contributed by atoms with Gasteiger partial charge in [-0.3, -0.25) is 10.1 Å².